The molecule has 1 aromatic rings. The summed E-state index contributed by atoms with van der Waals surface area (Å²) in [6, 6.07) is 5.86. The van der Waals surface area contributed by atoms with E-state index in [0.29, 0.717) is 6.61 Å². The third kappa shape index (κ3) is 1.48. The number of rotatable bonds is 1. The molecule has 6 rings (SSSR count). The van der Waals surface area contributed by atoms with Gasteiger partial charge in [0.25, 0.3) is 0 Å². The second-order valence-electron chi connectivity index (χ2n) is 8.10. The number of benzene rings is 1. The van der Waals surface area contributed by atoms with Crippen LogP contribution in [0, 0.1) is 24.7 Å². The predicted molar refractivity (Wildman–Crippen MR) is 90.6 cm³/mol. The van der Waals surface area contributed by atoms with Crippen molar-refractivity contribution in [3.63, 3.8) is 0 Å². The fourth-order valence-corrected chi connectivity index (χ4v) is 6.04. The summed E-state index contributed by atoms with van der Waals surface area (Å²) in [5.41, 5.74) is 2.17. The van der Waals surface area contributed by atoms with Gasteiger partial charge in [-0.15, -0.1) is 0 Å². The summed E-state index contributed by atoms with van der Waals surface area (Å²) < 4.78 is 12.3. The van der Waals surface area contributed by atoms with Crippen LogP contribution in [0.15, 0.2) is 30.4 Å². The molecule has 1 N–H and O–H groups in total. The van der Waals surface area contributed by atoms with E-state index in [0.717, 1.165) is 23.2 Å². The Morgan fingerprint density at radius 2 is 2.23 bits per heavy atom. The zero-order valence-corrected chi connectivity index (χ0v) is 14.3. The van der Waals surface area contributed by atoms with Crippen LogP contribution in [0.3, 0.4) is 0 Å². The number of hydrogen-bond donors (Lipinski definition) is 1. The summed E-state index contributed by atoms with van der Waals surface area (Å²) in [5.74, 6) is -2.43. The number of fused-ring (bicyclic) bond motifs is 7. The van der Waals surface area contributed by atoms with Crippen molar-refractivity contribution in [2.24, 2.45) is 17.8 Å². The molecule has 1 spiro atoms. The first-order chi connectivity index (χ1) is 12.5. The van der Waals surface area contributed by atoms with Gasteiger partial charge < -0.3 is 19.5 Å². The van der Waals surface area contributed by atoms with E-state index < -0.39 is 29.5 Å². The van der Waals surface area contributed by atoms with Gasteiger partial charge >= 0.3 is 5.97 Å². The lowest BCUT2D eigenvalue weighted by Crippen LogP contribution is -2.53. The lowest BCUT2D eigenvalue weighted by atomic mass is 9.70. The number of carbonyl (C=O) groups is 2. The van der Waals surface area contributed by atoms with Gasteiger partial charge in [0.1, 0.15) is 11.5 Å². The number of aryl methyl sites for hydroxylation is 1. The van der Waals surface area contributed by atoms with Gasteiger partial charge in [-0.2, -0.15) is 0 Å². The zero-order valence-electron chi connectivity index (χ0n) is 14.3. The Hall–Kier alpha value is -2.18. The topological polar surface area (TPSA) is 76.1 Å². The van der Waals surface area contributed by atoms with Crippen molar-refractivity contribution in [3.8, 4) is 0 Å². The van der Waals surface area contributed by atoms with E-state index in [1.807, 2.05) is 36.1 Å². The van der Waals surface area contributed by atoms with Crippen LogP contribution in [-0.2, 0) is 19.1 Å². The number of amides is 1. The summed E-state index contributed by atoms with van der Waals surface area (Å²) in [6.07, 6.45) is 4.07. The lowest BCUT2D eigenvalue weighted by molar-refractivity contribution is -0.146. The van der Waals surface area contributed by atoms with Gasteiger partial charge in [-0.3, -0.25) is 9.59 Å². The van der Waals surface area contributed by atoms with E-state index in [2.05, 4.69) is 6.07 Å². The summed E-state index contributed by atoms with van der Waals surface area (Å²) >= 11 is 0. The van der Waals surface area contributed by atoms with Crippen LogP contribution >= 0.6 is 0 Å². The molecule has 1 amide bonds. The normalized spacial score (nSPS) is 44.0. The monoisotopic (exact) mass is 353 g/mol. The van der Waals surface area contributed by atoms with Crippen LogP contribution in [0.25, 0.3) is 0 Å². The number of hydrogen-bond acceptors (Lipinski definition) is 4. The Kier molecular flexibility index (Phi) is 2.62. The van der Waals surface area contributed by atoms with Crippen LogP contribution in [0.1, 0.15) is 23.7 Å². The second kappa shape index (κ2) is 4.56. The number of carbonyl (C=O) groups excluding carboxylic acids is 1. The lowest BCUT2D eigenvalue weighted by Gasteiger charge is -2.44. The van der Waals surface area contributed by atoms with Crippen molar-refractivity contribution in [1.82, 2.24) is 0 Å². The van der Waals surface area contributed by atoms with Crippen LogP contribution in [0.2, 0.25) is 0 Å². The van der Waals surface area contributed by atoms with Crippen LogP contribution in [0.5, 0.6) is 0 Å². The van der Waals surface area contributed by atoms with Crippen LogP contribution < -0.4 is 4.90 Å². The molecule has 2 bridgehead atoms. The Bertz CT molecular complexity index is 894. The first kappa shape index (κ1) is 14.9. The number of carboxylic acids is 1. The minimum absolute atomic E-state index is 0.0630. The van der Waals surface area contributed by atoms with Crippen molar-refractivity contribution in [2.45, 2.75) is 37.2 Å². The molecule has 6 heteroatoms. The molecule has 26 heavy (non-hydrogen) atoms. The average Bonchev–Trinajstić information content (AvgIpc) is 3.35. The van der Waals surface area contributed by atoms with E-state index >= 15 is 0 Å². The highest BCUT2D eigenvalue weighted by Crippen LogP contribution is 2.62. The highest BCUT2D eigenvalue weighted by molar-refractivity contribution is 6.04. The smallest absolute Gasteiger partial charge is 0.310 e. The zero-order chi connectivity index (χ0) is 17.8. The third-order valence-corrected chi connectivity index (χ3v) is 6.91. The molecule has 6 nitrogen and oxygen atoms in total. The molecule has 0 unspecified atom stereocenters. The van der Waals surface area contributed by atoms with Crippen molar-refractivity contribution >= 4 is 17.6 Å². The van der Waals surface area contributed by atoms with Crippen molar-refractivity contribution in [2.75, 3.05) is 11.5 Å². The molecule has 5 aliphatic heterocycles. The maximum atomic E-state index is 13.5. The third-order valence-electron chi connectivity index (χ3n) is 6.91. The Morgan fingerprint density at radius 3 is 3.04 bits per heavy atom. The van der Waals surface area contributed by atoms with Gasteiger partial charge in [-0.25, -0.2) is 0 Å². The molecule has 3 fully saturated rings. The molecule has 5 heterocycles. The molecule has 5 aliphatic rings. The molecule has 0 aliphatic carbocycles. The van der Waals surface area contributed by atoms with Crippen molar-refractivity contribution in [1.29, 1.82) is 0 Å². The fourth-order valence-electron chi connectivity index (χ4n) is 6.04. The van der Waals surface area contributed by atoms with Gasteiger partial charge in [0.2, 0.25) is 5.91 Å². The first-order valence-electron chi connectivity index (χ1n) is 9.18. The molecule has 7 atom stereocenters. The van der Waals surface area contributed by atoms with Crippen LogP contribution in [0.4, 0.5) is 5.69 Å². The van der Waals surface area contributed by atoms with Crippen LogP contribution in [-0.4, -0.2) is 41.3 Å². The van der Waals surface area contributed by atoms with E-state index in [-0.39, 0.29) is 24.0 Å². The van der Waals surface area contributed by atoms with Gasteiger partial charge in [0.05, 0.1) is 24.2 Å². The number of nitrogens with zero attached hydrogens (tertiary/aromatic N) is 1. The Morgan fingerprint density at radius 1 is 1.38 bits per heavy atom. The van der Waals surface area contributed by atoms with E-state index in [1.165, 1.54) is 0 Å². The number of carboxylic acid groups (broad SMARTS) is 1. The van der Waals surface area contributed by atoms with Gasteiger partial charge in [0, 0.05) is 23.8 Å². The fraction of sp³-hybridized carbons (Fsp3) is 0.500. The van der Waals surface area contributed by atoms with Gasteiger partial charge in [-0.1, -0.05) is 29.8 Å². The van der Waals surface area contributed by atoms with E-state index in [4.69, 9.17) is 9.47 Å². The molecule has 1 aromatic carbocycles. The summed E-state index contributed by atoms with van der Waals surface area (Å²) in [5, 5.41) is 9.74. The highest BCUT2D eigenvalue weighted by Gasteiger charge is 2.74. The number of ether oxygens (including phenoxy) is 2. The average molecular weight is 353 g/mol. The highest BCUT2D eigenvalue weighted by atomic mass is 16.5. The maximum absolute atomic E-state index is 13.5. The summed E-state index contributed by atoms with van der Waals surface area (Å²) in [6.45, 7) is 2.68. The van der Waals surface area contributed by atoms with Gasteiger partial charge in [-0.05, 0) is 19.4 Å². The molecule has 0 saturated carbocycles. The van der Waals surface area contributed by atoms with E-state index in [1.54, 1.807) is 0 Å². The standard InChI is InChI=1S/C20H19NO5/c1-9-2-3-12-11(8-9)16-10(5-7-25-16)17-20-6-4-13(26-20)14(19(23)24)15(20)18(22)21(12)17/h2-4,6,8,10,13-17H,5,7H2,1H3,(H,23,24)/t10-,13-,14-,15+,16-,17-,20-/m0/s1. The molecule has 0 aromatic heterocycles. The molecular formula is C20H19NO5. The molecule has 134 valence electrons. The Balaban J connectivity index is 1.59. The number of aliphatic carboxylic acids is 1. The first-order valence-corrected chi connectivity index (χ1v) is 9.18. The molecular weight excluding hydrogens is 334 g/mol. The Labute approximate surface area is 150 Å². The van der Waals surface area contributed by atoms with Gasteiger partial charge in [0.15, 0.2) is 0 Å². The summed E-state index contributed by atoms with van der Waals surface area (Å²) in [7, 11) is 0. The SMILES string of the molecule is Cc1ccc2c(c1)[C@H]1OCC[C@@H]1[C@@H]1N2C(=O)[C@H]2[C@@H](C(=O)O)[C@@H]3C=C[C@@]12O3. The predicted octanol–water partition coefficient (Wildman–Crippen LogP) is 1.83. The minimum Gasteiger partial charge on any atom is -0.481 e. The maximum Gasteiger partial charge on any atom is 0.310 e. The van der Waals surface area contributed by atoms with Crippen molar-refractivity contribution in [3.05, 3.63) is 41.5 Å². The molecule has 3 saturated heterocycles. The minimum atomic E-state index is -0.956. The van der Waals surface area contributed by atoms with E-state index in [9.17, 15) is 14.7 Å². The summed E-state index contributed by atoms with van der Waals surface area (Å²) in [4.78, 5) is 27.2. The second-order valence-corrected chi connectivity index (χ2v) is 8.10. The molecule has 0 radical (unpaired) electrons. The number of anilines is 1. The van der Waals surface area contributed by atoms with Crippen molar-refractivity contribution < 1.29 is 24.2 Å². The largest absolute Gasteiger partial charge is 0.481 e. The quantitative estimate of drug-likeness (QED) is 0.780.